The minimum Gasteiger partial charge on any atom is -0.508 e. The molecular weight excluding hydrogens is 478 g/mol. The topological polar surface area (TPSA) is 99.3 Å². The number of hydrogen-bond acceptors (Lipinski definition) is 5. The Hall–Kier alpha value is -3.52. The zero-order valence-corrected chi connectivity index (χ0v) is 22.7. The number of fused-ring (bicyclic) bond motifs is 1. The summed E-state index contributed by atoms with van der Waals surface area (Å²) in [6.45, 7) is 10.8. The van der Waals surface area contributed by atoms with Crippen molar-refractivity contribution in [2.45, 2.75) is 65.3 Å². The Balaban J connectivity index is 1.36. The van der Waals surface area contributed by atoms with Crippen LogP contribution in [0.2, 0.25) is 0 Å². The molecule has 0 bridgehead atoms. The molecule has 0 spiro atoms. The van der Waals surface area contributed by atoms with Crippen molar-refractivity contribution < 1.29 is 10.2 Å². The molecule has 1 fully saturated rings. The molecule has 3 N–H and O–H groups in total. The number of benzene rings is 2. The van der Waals surface area contributed by atoms with Crippen LogP contribution in [-0.4, -0.2) is 54.1 Å². The van der Waals surface area contributed by atoms with Crippen molar-refractivity contribution in [1.29, 1.82) is 0 Å². The van der Waals surface area contributed by atoms with Crippen LogP contribution >= 0.6 is 0 Å². The van der Waals surface area contributed by atoms with Crippen molar-refractivity contribution in [1.82, 2.24) is 24.2 Å². The van der Waals surface area contributed by atoms with Gasteiger partial charge >= 0.3 is 5.69 Å². The molecule has 8 heteroatoms. The second kappa shape index (κ2) is 11.1. The zero-order chi connectivity index (χ0) is 26.8. The Labute approximate surface area is 223 Å². The van der Waals surface area contributed by atoms with Crippen molar-refractivity contribution in [2.75, 3.05) is 19.6 Å². The Morgan fingerprint density at radius 3 is 2.58 bits per heavy atom. The average Bonchev–Trinajstić information content (AvgIpc) is 3.49. The van der Waals surface area contributed by atoms with E-state index in [0.29, 0.717) is 22.6 Å². The first kappa shape index (κ1) is 26.1. The molecule has 8 nitrogen and oxygen atoms in total. The lowest BCUT2D eigenvalue weighted by atomic mass is 9.93. The third-order valence-corrected chi connectivity index (χ3v) is 8.01. The van der Waals surface area contributed by atoms with E-state index in [1.165, 1.54) is 62.4 Å². The highest BCUT2D eigenvalue weighted by atomic mass is 16.3. The number of aromatic amines is 1. The summed E-state index contributed by atoms with van der Waals surface area (Å²) >= 11 is 0. The number of aromatic nitrogens is 4. The van der Waals surface area contributed by atoms with Crippen LogP contribution in [-0.2, 0) is 6.54 Å². The maximum atomic E-state index is 12.8. The number of phenols is 2. The van der Waals surface area contributed by atoms with E-state index in [1.807, 2.05) is 26.0 Å². The first-order valence-electron chi connectivity index (χ1n) is 13.9. The molecule has 0 amide bonds. The summed E-state index contributed by atoms with van der Waals surface area (Å²) in [6, 6.07) is 11.1. The van der Waals surface area contributed by atoms with Crippen LogP contribution in [0.3, 0.4) is 0 Å². The van der Waals surface area contributed by atoms with Crippen molar-refractivity contribution in [2.24, 2.45) is 5.92 Å². The van der Waals surface area contributed by atoms with Gasteiger partial charge in [-0.3, -0.25) is 0 Å². The van der Waals surface area contributed by atoms with E-state index in [9.17, 15) is 15.0 Å². The fraction of sp³-hybridized carbons (Fsp3) is 0.467. The lowest BCUT2D eigenvalue weighted by Gasteiger charge is -2.32. The van der Waals surface area contributed by atoms with Crippen LogP contribution in [0.25, 0.3) is 28.0 Å². The highest BCUT2D eigenvalue weighted by Gasteiger charge is 2.21. The molecule has 1 aliphatic rings. The standard InChI is InChI=1S/C30H39N5O3/c1-4-5-12-33-13-8-21(9-14-33)10-15-34-16-11-22-17-23(6-7-26(22)34)35-29(31-32-30(35)38)25-18-24(20(2)3)27(36)19-28(25)37/h6-7,11,16-21,36-37H,4-5,8-10,12-15H2,1-3H3,(H,32,38). The summed E-state index contributed by atoms with van der Waals surface area (Å²) in [5, 5.41) is 28.6. The molecule has 0 radical (unpaired) electrons. The summed E-state index contributed by atoms with van der Waals surface area (Å²) < 4.78 is 3.78. The molecular formula is C30H39N5O3. The highest BCUT2D eigenvalue weighted by molar-refractivity contribution is 5.83. The normalized spacial score (nSPS) is 15.2. The number of likely N-dealkylation sites (tertiary alicyclic amines) is 1. The number of aromatic hydroxyl groups is 2. The van der Waals surface area contributed by atoms with E-state index in [1.54, 1.807) is 6.07 Å². The lowest BCUT2D eigenvalue weighted by Crippen LogP contribution is -2.34. The van der Waals surface area contributed by atoms with Gasteiger partial charge in [0.25, 0.3) is 0 Å². The SMILES string of the molecule is CCCCN1CCC(CCn2ccc3cc(-n4c(-c5cc(C(C)C)c(O)cc5O)n[nH]c4=O)ccc32)CC1. The molecule has 1 saturated heterocycles. The van der Waals surface area contributed by atoms with Crippen molar-refractivity contribution in [3.8, 4) is 28.6 Å². The van der Waals surface area contributed by atoms with Crippen molar-refractivity contribution in [3.05, 3.63) is 58.6 Å². The molecule has 0 atom stereocenters. The Kier molecular flexibility index (Phi) is 7.61. The molecule has 2 aromatic carbocycles. The third kappa shape index (κ3) is 5.23. The Bertz CT molecular complexity index is 1460. The van der Waals surface area contributed by atoms with Gasteiger partial charge in [-0.05, 0) is 93.0 Å². The zero-order valence-electron chi connectivity index (χ0n) is 22.7. The van der Waals surface area contributed by atoms with E-state index in [-0.39, 0.29) is 23.1 Å². The summed E-state index contributed by atoms with van der Waals surface area (Å²) in [6.07, 6.45) is 8.42. The van der Waals surface area contributed by atoms with Crippen LogP contribution < -0.4 is 5.69 Å². The number of hydrogen-bond donors (Lipinski definition) is 3. The molecule has 3 heterocycles. The number of phenolic OH excluding ortho intramolecular Hbond substituents is 2. The van der Waals surface area contributed by atoms with Crippen molar-refractivity contribution in [3.63, 3.8) is 0 Å². The van der Waals surface area contributed by atoms with E-state index in [0.717, 1.165) is 23.4 Å². The maximum Gasteiger partial charge on any atom is 0.348 e. The van der Waals surface area contributed by atoms with Gasteiger partial charge in [0.15, 0.2) is 5.82 Å². The van der Waals surface area contributed by atoms with E-state index in [4.69, 9.17) is 0 Å². The Morgan fingerprint density at radius 1 is 1.05 bits per heavy atom. The number of nitrogens with one attached hydrogen (secondary N) is 1. The first-order chi connectivity index (χ1) is 18.4. The summed E-state index contributed by atoms with van der Waals surface area (Å²) in [5.41, 5.74) is 2.49. The molecule has 0 saturated carbocycles. The molecule has 1 aliphatic heterocycles. The third-order valence-electron chi connectivity index (χ3n) is 8.01. The molecule has 0 unspecified atom stereocenters. The lowest BCUT2D eigenvalue weighted by molar-refractivity contribution is 0.174. The van der Waals surface area contributed by atoms with Crippen LogP contribution in [0.1, 0.15) is 64.4 Å². The average molecular weight is 518 g/mol. The van der Waals surface area contributed by atoms with Crippen LogP contribution in [0.5, 0.6) is 11.5 Å². The van der Waals surface area contributed by atoms with Gasteiger partial charge in [0.05, 0.1) is 11.3 Å². The van der Waals surface area contributed by atoms with Gasteiger partial charge in [-0.15, -0.1) is 0 Å². The monoisotopic (exact) mass is 517 g/mol. The highest BCUT2D eigenvalue weighted by Crippen LogP contribution is 2.37. The van der Waals surface area contributed by atoms with Gasteiger partial charge in [-0.1, -0.05) is 27.2 Å². The van der Waals surface area contributed by atoms with Gasteiger partial charge in [-0.2, -0.15) is 5.10 Å². The molecule has 2 aromatic heterocycles. The number of piperidine rings is 1. The molecule has 0 aliphatic carbocycles. The van der Waals surface area contributed by atoms with Crippen LogP contribution in [0, 0.1) is 5.92 Å². The van der Waals surface area contributed by atoms with E-state index in [2.05, 4.69) is 44.9 Å². The van der Waals surface area contributed by atoms with Crippen LogP contribution in [0.4, 0.5) is 0 Å². The number of H-pyrrole nitrogens is 1. The number of rotatable bonds is 9. The van der Waals surface area contributed by atoms with E-state index < -0.39 is 0 Å². The van der Waals surface area contributed by atoms with Gasteiger partial charge in [0.2, 0.25) is 0 Å². The first-order valence-corrected chi connectivity index (χ1v) is 13.9. The number of nitrogens with zero attached hydrogens (tertiary/aromatic N) is 4. The summed E-state index contributed by atoms with van der Waals surface area (Å²) in [7, 11) is 0. The largest absolute Gasteiger partial charge is 0.508 e. The second-order valence-corrected chi connectivity index (χ2v) is 11.0. The fourth-order valence-electron chi connectivity index (χ4n) is 5.68. The van der Waals surface area contributed by atoms with Crippen LogP contribution in [0.15, 0.2) is 47.4 Å². The second-order valence-electron chi connectivity index (χ2n) is 11.0. The number of aryl methyl sites for hydroxylation is 1. The molecule has 202 valence electrons. The summed E-state index contributed by atoms with van der Waals surface area (Å²) in [5.74, 6) is 1.01. The van der Waals surface area contributed by atoms with Crippen molar-refractivity contribution >= 4 is 10.9 Å². The predicted octanol–water partition coefficient (Wildman–Crippen LogP) is 5.62. The smallest absolute Gasteiger partial charge is 0.348 e. The Morgan fingerprint density at radius 2 is 1.84 bits per heavy atom. The maximum absolute atomic E-state index is 12.8. The summed E-state index contributed by atoms with van der Waals surface area (Å²) in [4.78, 5) is 15.4. The quantitative estimate of drug-likeness (QED) is 0.268. The minimum atomic E-state index is -0.386. The number of unbranched alkanes of at least 4 members (excludes halogenated alkanes) is 1. The predicted molar refractivity (Wildman–Crippen MR) is 151 cm³/mol. The molecule has 4 aromatic rings. The van der Waals surface area contributed by atoms with E-state index >= 15 is 0 Å². The fourth-order valence-corrected chi connectivity index (χ4v) is 5.68. The minimum absolute atomic E-state index is 0.0236. The molecule has 5 rings (SSSR count). The van der Waals surface area contributed by atoms with Gasteiger partial charge in [0, 0.05) is 29.7 Å². The van der Waals surface area contributed by atoms with Gasteiger partial charge in [-0.25, -0.2) is 14.5 Å². The van der Waals surface area contributed by atoms with Gasteiger partial charge in [0.1, 0.15) is 11.5 Å². The molecule has 38 heavy (non-hydrogen) atoms. The van der Waals surface area contributed by atoms with Gasteiger partial charge < -0.3 is 19.7 Å².